The maximum atomic E-state index is 13.1. The van der Waals surface area contributed by atoms with Crippen molar-refractivity contribution in [2.45, 2.75) is 6.92 Å². The summed E-state index contributed by atoms with van der Waals surface area (Å²) in [6.07, 6.45) is 0. The molecule has 0 fully saturated rings. The molecule has 2 aromatic carbocycles. The summed E-state index contributed by atoms with van der Waals surface area (Å²) in [5, 5.41) is 2.64. The van der Waals surface area contributed by atoms with Crippen LogP contribution in [0, 0.1) is 5.82 Å². The summed E-state index contributed by atoms with van der Waals surface area (Å²) in [7, 11) is 0. The van der Waals surface area contributed by atoms with Gasteiger partial charge in [0.25, 0.3) is 5.91 Å². The van der Waals surface area contributed by atoms with Gasteiger partial charge in [-0.3, -0.25) is 4.79 Å². The number of anilines is 1. The van der Waals surface area contributed by atoms with Crippen molar-refractivity contribution in [3.63, 3.8) is 0 Å². The fourth-order valence-electron chi connectivity index (χ4n) is 1.70. The Morgan fingerprint density at radius 3 is 2.71 bits per heavy atom. The molecule has 0 saturated heterocycles. The lowest BCUT2D eigenvalue weighted by molar-refractivity contribution is 0.102. The predicted molar refractivity (Wildman–Crippen MR) is 81.1 cm³/mol. The summed E-state index contributed by atoms with van der Waals surface area (Å²) in [6.45, 7) is 6.01. The largest absolute Gasteiger partial charge is 0.489 e. The topological polar surface area (TPSA) is 38.3 Å². The van der Waals surface area contributed by atoms with Gasteiger partial charge in [-0.05, 0) is 48.9 Å². The molecule has 0 heterocycles. The van der Waals surface area contributed by atoms with Gasteiger partial charge in [0.15, 0.2) is 0 Å². The summed E-state index contributed by atoms with van der Waals surface area (Å²) in [5.74, 6) is -0.127. The van der Waals surface area contributed by atoms with Crippen molar-refractivity contribution in [2.24, 2.45) is 0 Å². The van der Waals surface area contributed by atoms with Crippen LogP contribution < -0.4 is 10.1 Å². The van der Waals surface area contributed by atoms with Gasteiger partial charge in [-0.1, -0.05) is 18.7 Å². The monoisotopic (exact) mass is 285 g/mol. The van der Waals surface area contributed by atoms with Crippen molar-refractivity contribution < 1.29 is 13.9 Å². The molecule has 0 atom stereocenters. The Balaban J connectivity index is 2.08. The number of carbonyl (C=O) groups is 1. The van der Waals surface area contributed by atoms with Crippen LogP contribution in [0.3, 0.4) is 0 Å². The Bertz CT molecular complexity index is 667. The van der Waals surface area contributed by atoms with Crippen molar-refractivity contribution in [3.05, 3.63) is 72.1 Å². The molecule has 0 aliphatic rings. The van der Waals surface area contributed by atoms with Crippen LogP contribution in [-0.4, -0.2) is 12.5 Å². The summed E-state index contributed by atoms with van der Waals surface area (Å²) >= 11 is 0. The van der Waals surface area contributed by atoms with E-state index in [0.29, 0.717) is 23.6 Å². The first-order valence-corrected chi connectivity index (χ1v) is 6.49. The van der Waals surface area contributed by atoms with E-state index in [1.807, 2.05) is 6.92 Å². The smallest absolute Gasteiger partial charge is 0.255 e. The van der Waals surface area contributed by atoms with E-state index < -0.39 is 5.82 Å². The number of hydrogen-bond donors (Lipinski definition) is 1. The van der Waals surface area contributed by atoms with E-state index in [0.717, 1.165) is 5.57 Å². The highest BCUT2D eigenvalue weighted by Crippen LogP contribution is 2.16. The first-order chi connectivity index (χ1) is 10.0. The van der Waals surface area contributed by atoms with Crippen molar-refractivity contribution in [2.75, 3.05) is 11.9 Å². The molecule has 2 aromatic rings. The Labute approximate surface area is 123 Å². The quantitative estimate of drug-likeness (QED) is 0.842. The van der Waals surface area contributed by atoms with E-state index in [1.54, 1.807) is 30.3 Å². The van der Waals surface area contributed by atoms with Crippen molar-refractivity contribution in [1.29, 1.82) is 0 Å². The molecule has 0 aliphatic heterocycles. The Morgan fingerprint density at radius 1 is 1.24 bits per heavy atom. The minimum Gasteiger partial charge on any atom is -0.489 e. The number of nitrogens with one attached hydrogen (secondary N) is 1. The van der Waals surface area contributed by atoms with Crippen molar-refractivity contribution in [1.82, 2.24) is 0 Å². The highest BCUT2D eigenvalue weighted by molar-refractivity contribution is 6.04. The molecule has 0 radical (unpaired) electrons. The standard InChI is InChI=1S/C17H16FNO2/c1-12(2)11-21-16-8-3-5-13(9-16)17(20)19-15-7-4-6-14(18)10-15/h3-10H,1,11H2,2H3,(H,19,20). The Hall–Kier alpha value is -2.62. The number of benzene rings is 2. The molecule has 0 aromatic heterocycles. The van der Waals surface area contributed by atoms with Crippen LogP contribution in [0.4, 0.5) is 10.1 Å². The Morgan fingerprint density at radius 2 is 2.00 bits per heavy atom. The molecule has 3 nitrogen and oxygen atoms in total. The number of halogens is 1. The second-order valence-corrected chi connectivity index (χ2v) is 4.74. The average molecular weight is 285 g/mol. The molecule has 2 rings (SSSR count). The number of amides is 1. The normalized spacial score (nSPS) is 10.0. The molecule has 0 unspecified atom stereocenters. The zero-order valence-electron chi connectivity index (χ0n) is 11.7. The maximum absolute atomic E-state index is 13.1. The second kappa shape index (κ2) is 6.70. The molecule has 21 heavy (non-hydrogen) atoms. The number of rotatable bonds is 5. The maximum Gasteiger partial charge on any atom is 0.255 e. The summed E-state index contributed by atoms with van der Waals surface area (Å²) in [4.78, 5) is 12.1. The molecule has 0 spiro atoms. The molecule has 108 valence electrons. The lowest BCUT2D eigenvalue weighted by atomic mass is 10.2. The van der Waals surface area contributed by atoms with Crippen LogP contribution in [0.1, 0.15) is 17.3 Å². The molecule has 4 heteroatoms. The summed E-state index contributed by atoms with van der Waals surface area (Å²) in [6, 6.07) is 12.6. The molecule has 1 amide bonds. The summed E-state index contributed by atoms with van der Waals surface area (Å²) in [5.41, 5.74) is 1.75. The highest BCUT2D eigenvalue weighted by atomic mass is 19.1. The van der Waals surface area contributed by atoms with Crippen molar-refractivity contribution in [3.8, 4) is 5.75 Å². The number of carbonyl (C=O) groups excluding carboxylic acids is 1. The van der Waals surface area contributed by atoms with E-state index in [9.17, 15) is 9.18 Å². The van der Waals surface area contributed by atoms with E-state index in [4.69, 9.17) is 4.74 Å². The molecular formula is C17H16FNO2. The van der Waals surface area contributed by atoms with Crippen LogP contribution in [0.15, 0.2) is 60.7 Å². The summed E-state index contributed by atoms with van der Waals surface area (Å²) < 4.78 is 18.6. The third-order valence-corrected chi connectivity index (χ3v) is 2.66. The number of ether oxygens (including phenoxy) is 1. The van der Waals surface area contributed by atoms with Gasteiger partial charge in [0.05, 0.1) is 0 Å². The van der Waals surface area contributed by atoms with Crippen LogP contribution >= 0.6 is 0 Å². The predicted octanol–water partition coefficient (Wildman–Crippen LogP) is 4.03. The van der Waals surface area contributed by atoms with E-state index in [1.165, 1.54) is 18.2 Å². The minimum atomic E-state index is -0.397. The first-order valence-electron chi connectivity index (χ1n) is 6.49. The highest BCUT2D eigenvalue weighted by Gasteiger charge is 2.07. The third kappa shape index (κ3) is 4.45. The lowest BCUT2D eigenvalue weighted by Crippen LogP contribution is -2.12. The fraction of sp³-hybridized carbons (Fsp3) is 0.118. The van der Waals surface area contributed by atoms with Gasteiger partial charge in [-0.25, -0.2) is 4.39 Å². The molecule has 0 aliphatic carbocycles. The van der Waals surface area contributed by atoms with Crippen LogP contribution in [0.5, 0.6) is 5.75 Å². The van der Waals surface area contributed by atoms with Gasteiger partial charge < -0.3 is 10.1 Å². The minimum absolute atomic E-state index is 0.318. The van der Waals surface area contributed by atoms with Gasteiger partial charge in [0.1, 0.15) is 18.2 Å². The van der Waals surface area contributed by atoms with Gasteiger partial charge >= 0.3 is 0 Å². The average Bonchev–Trinajstić information content (AvgIpc) is 2.45. The second-order valence-electron chi connectivity index (χ2n) is 4.74. The van der Waals surface area contributed by atoms with Gasteiger partial charge in [0.2, 0.25) is 0 Å². The lowest BCUT2D eigenvalue weighted by Gasteiger charge is -2.08. The van der Waals surface area contributed by atoms with Crippen LogP contribution in [0.25, 0.3) is 0 Å². The molecular weight excluding hydrogens is 269 g/mol. The molecule has 1 N–H and O–H groups in total. The van der Waals surface area contributed by atoms with E-state index >= 15 is 0 Å². The SMILES string of the molecule is C=C(C)COc1cccc(C(=O)Nc2cccc(F)c2)c1. The van der Waals surface area contributed by atoms with Crippen LogP contribution in [0.2, 0.25) is 0 Å². The Kier molecular flexibility index (Phi) is 4.72. The van der Waals surface area contributed by atoms with Crippen LogP contribution in [-0.2, 0) is 0 Å². The fourth-order valence-corrected chi connectivity index (χ4v) is 1.70. The van der Waals surface area contributed by atoms with Crippen molar-refractivity contribution >= 4 is 11.6 Å². The van der Waals surface area contributed by atoms with Gasteiger partial charge in [-0.2, -0.15) is 0 Å². The third-order valence-electron chi connectivity index (χ3n) is 2.66. The van der Waals surface area contributed by atoms with E-state index in [2.05, 4.69) is 11.9 Å². The van der Waals surface area contributed by atoms with Gasteiger partial charge in [-0.15, -0.1) is 0 Å². The first kappa shape index (κ1) is 14.8. The molecule has 0 bridgehead atoms. The molecule has 0 saturated carbocycles. The number of hydrogen-bond acceptors (Lipinski definition) is 2. The zero-order valence-corrected chi connectivity index (χ0v) is 11.7. The zero-order chi connectivity index (χ0) is 15.2. The van der Waals surface area contributed by atoms with E-state index in [-0.39, 0.29) is 5.91 Å². The van der Waals surface area contributed by atoms with Gasteiger partial charge in [0, 0.05) is 11.3 Å².